The second kappa shape index (κ2) is 11.0. The molecule has 1 amide bonds. The molecule has 1 aromatic carbocycles. The van der Waals surface area contributed by atoms with Crippen molar-refractivity contribution in [2.75, 3.05) is 13.7 Å². The van der Waals surface area contributed by atoms with Crippen molar-refractivity contribution in [1.29, 1.82) is 0 Å². The Hall–Kier alpha value is -3.94. The van der Waals surface area contributed by atoms with E-state index >= 15 is 0 Å². The molecule has 2 heterocycles. The fourth-order valence-electron chi connectivity index (χ4n) is 4.15. The minimum Gasteiger partial charge on any atom is -0.497 e. The van der Waals surface area contributed by atoms with E-state index in [9.17, 15) is 14.4 Å². The molecule has 0 aliphatic heterocycles. The summed E-state index contributed by atoms with van der Waals surface area (Å²) < 4.78 is 12.1. The maximum atomic E-state index is 13.8. The molecule has 184 valence electrons. The Bertz CT molecular complexity index is 1220. The number of aromatic nitrogens is 2. The Balaban J connectivity index is 2.02. The number of hydrogen-bond donors (Lipinski definition) is 0. The van der Waals surface area contributed by atoms with Gasteiger partial charge < -0.3 is 18.9 Å². The third-order valence-electron chi connectivity index (χ3n) is 6.17. The van der Waals surface area contributed by atoms with Crippen LogP contribution in [0.15, 0.2) is 48.8 Å². The molecular formula is C27H31N3O5. The van der Waals surface area contributed by atoms with Crippen LogP contribution < -0.4 is 4.74 Å². The predicted molar refractivity (Wildman–Crippen MR) is 132 cm³/mol. The van der Waals surface area contributed by atoms with Gasteiger partial charge in [-0.3, -0.25) is 14.6 Å². The first-order valence-corrected chi connectivity index (χ1v) is 11.4. The zero-order chi connectivity index (χ0) is 25.7. The number of esters is 1. The van der Waals surface area contributed by atoms with Gasteiger partial charge in [-0.05, 0) is 69.2 Å². The van der Waals surface area contributed by atoms with Gasteiger partial charge in [0.05, 0.1) is 19.8 Å². The molecule has 0 saturated heterocycles. The van der Waals surface area contributed by atoms with Gasteiger partial charge in [0.15, 0.2) is 5.78 Å². The Kier molecular flexibility index (Phi) is 8.06. The fraction of sp³-hybridized carbons (Fsp3) is 0.333. The van der Waals surface area contributed by atoms with Crippen LogP contribution >= 0.6 is 0 Å². The van der Waals surface area contributed by atoms with Crippen LogP contribution in [0.1, 0.15) is 61.9 Å². The Morgan fingerprint density at radius 3 is 2.37 bits per heavy atom. The van der Waals surface area contributed by atoms with Crippen LogP contribution in [0, 0.1) is 13.8 Å². The van der Waals surface area contributed by atoms with E-state index in [1.807, 2.05) is 6.07 Å². The van der Waals surface area contributed by atoms with Crippen molar-refractivity contribution in [3.63, 3.8) is 0 Å². The van der Waals surface area contributed by atoms with Crippen LogP contribution in [-0.4, -0.2) is 51.9 Å². The van der Waals surface area contributed by atoms with Gasteiger partial charge in [-0.1, -0.05) is 6.07 Å². The average Bonchev–Trinajstić information content (AvgIpc) is 3.09. The molecule has 3 aromatic rings. The Morgan fingerprint density at radius 1 is 1.11 bits per heavy atom. The van der Waals surface area contributed by atoms with E-state index in [0.717, 1.165) is 5.56 Å². The highest BCUT2D eigenvalue weighted by molar-refractivity contribution is 6.07. The van der Waals surface area contributed by atoms with E-state index < -0.39 is 12.0 Å². The van der Waals surface area contributed by atoms with Gasteiger partial charge in [0.1, 0.15) is 11.4 Å². The molecule has 1 unspecified atom stereocenters. The van der Waals surface area contributed by atoms with Gasteiger partial charge >= 0.3 is 5.97 Å². The molecule has 0 aliphatic rings. The van der Waals surface area contributed by atoms with Crippen molar-refractivity contribution >= 4 is 17.7 Å². The molecule has 3 rings (SSSR count). The largest absolute Gasteiger partial charge is 0.497 e. The van der Waals surface area contributed by atoms with E-state index in [1.54, 1.807) is 89.1 Å². The summed E-state index contributed by atoms with van der Waals surface area (Å²) in [4.78, 5) is 45.6. The highest BCUT2D eigenvalue weighted by Crippen LogP contribution is 2.26. The number of methoxy groups -OCH3 is 1. The number of amides is 1. The number of hydrogen-bond acceptors (Lipinski definition) is 6. The number of nitrogens with zero attached hydrogens (tertiary/aromatic N) is 3. The number of pyridine rings is 1. The minimum absolute atomic E-state index is 0.196. The van der Waals surface area contributed by atoms with Crippen molar-refractivity contribution < 1.29 is 23.9 Å². The van der Waals surface area contributed by atoms with Crippen molar-refractivity contribution in [1.82, 2.24) is 14.5 Å². The van der Waals surface area contributed by atoms with Crippen LogP contribution in [0.3, 0.4) is 0 Å². The smallest absolute Gasteiger partial charge is 0.355 e. The van der Waals surface area contributed by atoms with Gasteiger partial charge in [-0.2, -0.15) is 0 Å². The number of benzene rings is 1. The van der Waals surface area contributed by atoms with E-state index in [1.165, 1.54) is 4.90 Å². The number of carbonyl (C=O) groups excluding carboxylic acids is 3. The number of rotatable bonds is 9. The SMILES string of the molecule is CCOC(=O)c1c(C)c(C(=O)C(C)N(Cc2cccnc2)C(=O)c2ccc(OC)cc2)c(C)n1C. The summed E-state index contributed by atoms with van der Waals surface area (Å²) >= 11 is 0. The highest BCUT2D eigenvalue weighted by Gasteiger charge is 2.33. The molecule has 2 aromatic heterocycles. The molecule has 0 aliphatic carbocycles. The van der Waals surface area contributed by atoms with Crippen LogP contribution in [0.5, 0.6) is 5.75 Å². The molecular weight excluding hydrogens is 446 g/mol. The van der Waals surface area contributed by atoms with Crippen molar-refractivity contribution in [3.8, 4) is 5.75 Å². The van der Waals surface area contributed by atoms with Gasteiger partial charge in [-0.25, -0.2) is 4.79 Å². The summed E-state index contributed by atoms with van der Waals surface area (Å²) in [5.41, 5.74) is 3.16. The number of carbonyl (C=O) groups is 3. The van der Waals surface area contributed by atoms with Crippen LogP contribution in [-0.2, 0) is 18.3 Å². The molecule has 8 heteroatoms. The molecule has 35 heavy (non-hydrogen) atoms. The Labute approximate surface area is 205 Å². The Morgan fingerprint density at radius 2 is 1.80 bits per heavy atom. The fourth-order valence-corrected chi connectivity index (χ4v) is 4.15. The number of Topliss-reactive ketones (excluding diaryl/α,β-unsaturated/α-hetero) is 1. The lowest BCUT2D eigenvalue weighted by Gasteiger charge is -2.29. The van der Waals surface area contributed by atoms with Crippen molar-refractivity contribution in [2.45, 2.75) is 40.3 Å². The van der Waals surface area contributed by atoms with Crippen molar-refractivity contribution in [2.24, 2.45) is 7.05 Å². The second-order valence-electron chi connectivity index (χ2n) is 8.28. The quantitative estimate of drug-likeness (QED) is 0.340. The van der Waals surface area contributed by atoms with Gasteiger partial charge in [-0.15, -0.1) is 0 Å². The topological polar surface area (TPSA) is 90.7 Å². The lowest BCUT2D eigenvalue weighted by atomic mass is 9.98. The molecule has 0 fully saturated rings. The summed E-state index contributed by atoms with van der Waals surface area (Å²) in [5, 5.41) is 0. The van der Waals surface area contributed by atoms with E-state index in [2.05, 4.69) is 4.98 Å². The summed E-state index contributed by atoms with van der Waals surface area (Å²) in [6.45, 7) is 7.38. The molecule has 1 atom stereocenters. The zero-order valence-corrected chi connectivity index (χ0v) is 21.0. The summed E-state index contributed by atoms with van der Waals surface area (Å²) in [6, 6.07) is 9.60. The monoisotopic (exact) mass is 477 g/mol. The zero-order valence-electron chi connectivity index (χ0n) is 21.0. The first-order chi connectivity index (χ1) is 16.7. The molecule has 0 bridgehead atoms. The molecule has 0 radical (unpaired) electrons. The van der Waals surface area contributed by atoms with Crippen LogP contribution in [0.4, 0.5) is 0 Å². The first-order valence-electron chi connectivity index (χ1n) is 11.4. The van der Waals surface area contributed by atoms with Gasteiger partial charge in [0.2, 0.25) is 0 Å². The lowest BCUT2D eigenvalue weighted by Crippen LogP contribution is -2.43. The predicted octanol–water partition coefficient (Wildman–Crippen LogP) is 4.14. The maximum absolute atomic E-state index is 13.8. The second-order valence-corrected chi connectivity index (χ2v) is 8.28. The third-order valence-corrected chi connectivity index (χ3v) is 6.17. The van der Waals surface area contributed by atoms with Gasteiger partial charge in [0, 0.05) is 42.8 Å². The molecule has 0 saturated carbocycles. The standard InChI is InChI=1S/C27H31N3O5/c1-7-35-27(33)24-17(2)23(18(3)29(24)5)25(31)19(4)30(16-20-9-8-14-28-15-20)26(32)21-10-12-22(34-6)13-11-21/h8-15,19H,7,16H2,1-6H3. The van der Waals surface area contributed by atoms with E-state index in [4.69, 9.17) is 9.47 Å². The van der Waals surface area contributed by atoms with E-state index in [-0.39, 0.29) is 24.8 Å². The van der Waals surface area contributed by atoms with Crippen LogP contribution in [0.2, 0.25) is 0 Å². The molecule has 0 spiro atoms. The number of ketones is 1. The molecule has 8 nitrogen and oxygen atoms in total. The highest BCUT2D eigenvalue weighted by atomic mass is 16.5. The maximum Gasteiger partial charge on any atom is 0.355 e. The first kappa shape index (κ1) is 25.7. The van der Waals surface area contributed by atoms with Crippen LogP contribution in [0.25, 0.3) is 0 Å². The third kappa shape index (κ3) is 5.26. The summed E-state index contributed by atoms with van der Waals surface area (Å²) in [6.07, 6.45) is 3.32. The normalized spacial score (nSPS) is 11.6. The van der Waals surface area contributed by atoms with Crippen molar-refractivity contribution in [3.05, 3.63) is 82.4 Å². The average molecular weight is 478 g/mol. The summed E-state index contributed by atoms with van der Waals surface area (Å²) in [5.74, 6) is -0.401. The van der Waals surface area contributed by atoms with E-state index in [0.29, 0.717) is 33.8 Å². The number of ether oxygens (including phenoxy) is 2. The summed E-state index contributed by atoms with van der Waals surface area (Å²) in [7, 11) is 3.29. The lowest BCUT2D eigenvalue weighted by molar-refractivity contribution is 0.0513. The molecule has 0 N–H and O–H groups in total. The minimum atomic E-state index is -0.806. The van der Waals surface area contributed by atoms with Gasteiger partial charge in [0.25, 0.3) is 5.91 Å².